The third-order valence-electron chi connectivity index (χ3n) is 3.88. The molecule has 3 aromatic rings. The predicted molar refractivity (Wildman–Crippen MR) is 116 cm³/mol. The summed E-state index contributed by atoms with van der Waals surface area (Å²) >= 11 is 6.25. The van der Waals surface area contributed by atoms with Crippen molar-refractivity contribution in [3.8, 4) is 11.5 Å². The fraction of sp³-hybridized carbons (Fsp3) is 0.0476. The highest BCUT2D eigenvalue weighted by atomic mass is 127. The van der Waals surface area contributed by atoms with Crippen molar-refractivity contribution in [2.24, 2.45) is 0 Å². The fourth-order valence-electron chi connectivity index (χ4n) is 2.66. The van der Waals surface area contributed by atoms with Gasteiger partial charge in [0.05, 0.1) is 4.90 Å². The van der Waals surface area contributed by atoms with Crippen LogP contribution in [-0.2, 0) is 6.42 Å². The van der Waals surface area contributed by atoms with Gasteiger partial charge in [0.15, 0.2) is 34.5 Å². The van der Waals surface area contributed by atoms with Gasteiger partial charge in [0.25, 0.3) is 0 Å². The second-order valence-corrected chi connectivity index (χ2v) is 6.53. The SMILES string of the molecule is C=Cc1ccc(S)c(OI)c1OC(=C)Cc1ccc2ccccc2c1. The van der Waals surface area contributed by atoms with Gasteiger partial charge < -0.3 is 7.80 Å². The quantitative estimate of drug-likeness (QED) is 0.253. The van der Waals surface area contributed by atoms with Gasteiger partial charge in [-0.15, -0.1) is 12.6 Å². The number of hydrogen-bond acceptors (Lipinski definition) is 3. The second kappa shape index (κ2) is 7.97. The van der Waals surface area contributed by atoms with Crippen LogP contribution in [0.5, 0.6) is 11.5 Å². The lowest BCUT2D eigenvalue weighted by Gasteiger charge is -2.15. The van der Waals surface area contributed by atoms with Crippen LogP contribution in [0.1, 0.15) is 11.1 Å². The normalized spacial score (nSPS) is 10.5. The summed E-state index contributed by atoms with van der Waals surface area (Å²) in [6.07, 6.45) is 2.34. The van der Waals surface area contributed by atoms with Gasteiger partial charge in [0.2, 0.25) is 0 Å². The molecular weight excluding hydrogens is 443 g/mol. The molecule has 3 rings (SSSR count). The lowest BCUT2D eigenvalue weighted by Crippen LogP contribution is -2.01. The van der Waals surface area contributed by atoms with Crippen LogP contribution < -0.4 is 7.80 Å². The molecule has 2 nitrogen and oxygen atoms in total. The molecule has 0 spiro atoms. The Morgan fingerprint density at radius 2 is 1.80 bits per heavy atom. The summed E-state index contributed by atoms with van der Waals surface area (Å²) < 4.78 is 11.4. The van der Waals surface area contributed by atoms with E-state index in [2.05, 4.69) is 56.1 Å². The molecule has 0 aromatic heterocycles. The maximum atomic E-state index is 6.01. The molecule has 126 valence electrons. The second-order valence-electron chi connectivity index (χ2n) is 5.61. The Morgan fingerprint density at radius 3 is 2.52 bits per heavy atom. The first-order chi connectivity index (χ1) is 12.1. The van der Waals surface area contributed by atoms with Crippen molar-refractivity contribution < 1.29 is 7.80 Å². The molecule has 0 bridgehead atoms. The first-order valence-corrected chi connectivity index (χ1v) is 9.05. The number of hydrogen-bond donors (Lipinski definition) is 1. The van der Waals surface area contributed by atoms with Crippen molar-refractivity contribution in [3.05, 3.63) is 84.6 Å². The van der Waals surface area contributed by atoms with Crippen molar-refractivity contribution in [1.82, 2.24) is 0 Å². The Bertz CT molecular complexity index is 950. The topological polar surface area (TPSA) is 18.5 Å². The van der Waals surface area contributed by atoms with Gasteiger partial charge in [-0.2, -0.15) is 0 Å². The predicted octanol–water partition coefficient (Wildman–Crippen LogP) is 6.64. The first-order valence-electron chi connectivity index (χ1n) is 7.72. The Hall–Kier alpha value is -1.92. The Morgan fingerprint density at radius 1 is 1.04 bits per heavy atom. The van der Waals surface area contributed by atoms with Crippen LogP contribution in [0.15, 0.2) is 78.4 Å². The van der Waals surface area contributed by atoms with Crippen LogP contribution in [0.3, 0.4) is 0 Å². The number of ether oxygens (including phenoxy) is 1. The molecule has 0 saturated carbocycles. The number of fused-ring (bicyclic) bond motifs is 1. The molecule has 0 aliphatic rings. The highest BCUT2D eigenvalue weighted by Crippen LogP contribution is 2.40. The van der Waals surface area contributed by atoms with E-state index >= 15 is 0 Å². The summed E-state index contributed by atoms with van der Waals surface area (Å²) in [6, 6.07) is 18.4. The van der Waals surface area contributed by atoms with E-state index < -0.39 is 0 Å². The Labute approximate surface area is 167 Å². The summed E-state index contributed by atoms with van der Waals surface area (Å²) in [7, 11) is 0. The van der Waals surface area contributed by atoms with Gasteiger partial charge in [-0.25, -0.2) is 0 Å². The number of allylic oxidation sites excluding steroid dienone is 1. The zero-order chi connectivity index (χ0) is 17.8. The largest absolute Gasteiger partial charge is 0.457 e. The van der Waals surface area contributed by atoms with Crippen LogP contribution >= 0.6 is 35.6 Å². The maximum Gasteiger partial charge on any atom is 0.192 e. The third-order valence-corrected chi connectivity index (χ3v) is 4.67. The van der Waals surface area contributed by atoms with E-state index in [1.165, 1.54) is 10.8 Å². The van der Waals surface area contributed by atoms with Crippen LogP contribution in [0.2, 0.25) is 0 Å². The highest BCUT2D eigenvalue weighted by Gasteiger charge is 2.15. The first kappa shape index (κ1) is 17.9. The smallest absolute Gasteiger partial charge is 0.192 e. The Balaban J connectivity index is 1.84. The monoisotopic (exact) mass is 460 g/mol. The van der Waals surface area contributed by atoms with Crippen LogP contribution in [0, 0.1) is 0 Å². The molecule has 0 fully saturated rings. The summed E-state index contributed by atoms with van der Waals surface area (Å²) in [5.41, 5.74) is 1.98. The average Bonchev–Trinajstić information content (AvgIpc) is 2.62. The third kappa shape index (κ3) is 4.02. The van der Waals surface area contributed by atoms with Crippen molar-refractivity contribution in [2.45, 2.75) is 11.3 Å². The van der Waals surface area contributed by atoms with Crippen LogP contribution in [-0.4, -0.2) is 0 Å². The van der Waals surface area contributed by atoms with Crippen molar-refractivity contribution >= 4 is 52.5 Å². The molecule has 25 heavy (non-hydrogen) atoms. The van der Waals surface area contributed by atoms with E-state index in [9.17, 15) is 0 Å². The zero-order valence-electron chi connectivity index (χ0n) is 13.5. The summed E-state index contributed by atoms with van der Waals surface area (Å²) in [5.74, 6) is 1.79. The average molecular weight is 460 g/mol. The number of benzene rings is 3. The fourth-order valence-corrected chi connectivity index (χ4v) is 3.50. The van der Waals surface area contributed by atoms with E-state index in [-0.39, 0.29) is 0 Å². The van der Waals surface area contributed by atoms with E-state index in [1.54, 1.807) is 6.08 Å². The van der Waals surface area contributed by atoms with Crippen molar-refractivity contribution in [1.29, 1.82) is 0 Å². The van der Waals surface area contributed by atoms with Gasteiger partial charge >= 0.3 is 0 Å². The molecule has 0 atom stereocenters. The number of halogens is 1. The van der Waals surface area contributed by atoms with Crippen LogP contribution in [0.4, 0.5) is 0 Å². The number of rotatable bonds is 6. The van der Waals surface area contributed by atoms with Gasteiger partial charge in [-0.3, -0.25) is 0 Å². The van der Waals surface area contributed by atoms with Gasteiger partial charge in [0, 0.05) is 12.0 Å². The molecule has 0 N–H and O–H groups in total. The molecule has 0 amide bonds. The molecule has 0 unspecified atom stereocenters. The molecule has 0 saturated heterocycles. The van der Waals surface area contributed by atoms with Gasteiger partial charge in [-0.05, 0) is 28.5 Å². The molecule has 4 heteroatoms. The molecule has 0 aliphatic carbocycles. The van der Waals surface area contributed by atoms with Crippen LogP contribution in [0.25, 0.3) is 16.8 Å². The lowest BCUT2D eigenvalue weighted by molar-refractivity contribution is 0.401. The number of thiol groups is 1. The van der Waals surface area contributed by atoms with E-state index in [0.29, 0.717) is 28.6 Å². The summed E-state index contributed by atoms with van der Waals surface area (Å²) in [5, 5.41) is 2.42. The minimum Gasteiger partial charge on any atom is -0.457 e. The summed E-state index contributed by atoms with van der Waals surface area (Å²) in [4.78, 5) is 0.702. The minimum absolute atomic E-state index is 0.570. The minimum atomic E-state index is 0.570. The van der Waals surface area contributed by atoms with Gasteiger partial charge in [-0.1, -0.05) is 61.7 Å². The van der Waals surface area contributed by atoms with E-state index in [4.69, 9.17) is 7.80 Å². The van der Waals surface area contributed by atoms with Crippen molar-refractivity contribution in [2.75, 3.05) is 0 Å². The van der Waals surface area contributed by atoms with E-state index in [1.807, 2.05) is 47.3 Å². The standard InChI is InChI=1S/C21H17IO2S/c1-3-16-10-11-19(25)21(24-22)20(16)23-14(2)12-15-8-9-17-6-4-5-7-18(17)13-15/h3-11,13,25H,1-2,12H2. The molecular formula is C21H17IO2S. The lowest BCUT2D eigenvalue weighted by atomic mass is 10.0. The maximum absolute atomic E-state index is 6.01. The zero-order valence-corrected chi connectivity index (χ0v) is 16.6. The summed E-state index contributed by atoms with van der Waals surface area (Å²) in [6.45, 7) is 7.90. The Kier molecular flexibility index (Phi) is 5.71. The van der Waals surface area contributed by atoms with E-state index in [0.717, 1.165) is 11.1 Å². The molecule has 3 aromatic carbocycles. The molecule has 0 radical (unpaired) electrons. The van der Waals surface area contributed by atoms with Gasteiger partial charge in [0.1, 0.15) is 5.76 Å². The molecule has 0 aliphatic heterocycles. The molecule has 0 heterocycles. The van der Waals surface area contributed by atoms with Crippen molar-refractivity contribution in [3.63, 3.8) is 0 Å². The highest BCUT2D eigenvalue weighted by molar-refractivity contribution is 14.1.